The number of rotatable bonds is 8. The molecular formula is C21H17NO7S2. The van der Waals surface area contributed by atoms with E-state index in [-0.39, 0.29) is 16.5 Å². The van der Waals surface area contributed by atoms with Crippen LogP contribution in [0.4, 0.5) is 0 Å². The summed E-state index contributed by atoms with van der Waals surface area (Å²) in [6, 6.07) is 11.5. The first-order valence-electron chi connectivity index (χ1n) is 8.88. The number of amides is 1. The maximum Gasteiger partial charge on any atom is 0.335 e. The molecule has 0 bridgehead atoms. The van der Waals surface area contributed by atoms with Crippen molar-refractivity contribution in [3.8, 4) is 11.5 Å². The molecule has 10 heteroatoms. The number of thiocarbonyl (C=S) groups is 1. The van der Waals surface area contributed by atoms with Gasteiger partial charge in [-0.15, -0.1) is 0 Å². The van der Waals surface area contributed by atoms with Crippen molar-refractivity contribution in [3.05, 3.63) is 64.1 Å². The third-order valence-corrected chi connectivity index (χ3v) is 5.60. The first kappa shape index (κ1) is 22.3. The highest BCUT2D eigenvalue weighted by molar-refractivity contribution is 8.26. The van der Waals surface area contributed by atoms with E-state index in [2.05, 4.69) is 0 Å². The lowest BCUT2D eigenvalue weighted by atomic mass is 10.1. The zero-order valence-electron chi connectivity index (χ0n) is 16.2. The lowest BCUT2D eigenvalue weighted by Crippen LogP contribution is -2.33. The van der Waals surface area contributed by atoms with Crippen molar-refractivity contribution in [3.63, 3.8) is 0 Å². The number of hydrogen-bond acceptors (Lipinski definition) is 7. The van der Waals surface area contributed by atoms with Gasteiger partial charge in [-0.25, -0.2) is 4.79 Å². The number of benzene rings is 2. The van der Waals surface area contributed by atoms with Crippen molar-refractivity contribution in [1.82, 2.24) is 4.90 Å². The fourth-order valence-corrected chi connectivity index (χ4v) is 4.03. The Balaban J connectivity index is 1.76. The van der Waals surface area contributed by atoms with Gasteiger partial charge in [0.2, 0.25) is 0 Å². The molecule has 3 rings (SSSR count). The fourth-order valence-electron chi connectivity index (χ4n) is 2.77. The van der Waals surface area contributed by atoms with E-state index in [1.807, 2.05) is 0 Å². The molecule has 2 N–H and O–H groups in total. The predicted molar refractivity (Wildman–Crippen MR) is 118 cm³/mol. The summed E-state index contributed by atoms with van der Waals surface area (Å²) in [5.41, 5.74) is 1.50. The Bertz CT molecular complexity index is 1100. The van der Waals surface area contributed by atoms with Crippen LogP contribution in [0, 0.1) is 0 Å². The summed E-state index contributed by atoms with van der Waals surface area (Å²) in [6.07, 6.45) is 1.60. The second-order valence-corrected chi connectivity index (χ2v) is 8.04. The minimum Gasteiger partial charge on any atom is -0.493 e. The van der Waals surface area contributed by atoms with Gasteiger partial charge >= 0.3 is 11.9 Å². The first-order chi connectivity index (χ1) is 14.8. The zero-order valence-corrected chi connectivity index (χ0v) is 17.9. The van der Waals surface area contributed by atoms with Crippen LogP contribution in [0.15, 0.2) is 47.4 Å². The molecule has 2 aromatic rings. The molecule has 1 aliphatic rings. The number of carboxylic acid groups (broad SMARTS) is 2. The van der Waals surface area contributed by atoms with E-state index in [0.29, 0.717) is 27.5 Å². The average Bonchev–Trinajstić information content (AvgIpc) is 2.99. The molecular weight excluding hydrogens is 442 g/mol. The van der Waals surface area contributed by atoms with E-state index in [4.69, 9.17) is 31.9 Å². The van der Waals surface area contributed by atoms with Crippen LogP contribution in [0.25, 0.3) is 6.08 Å². The SMILES string of the molecule is COc1cc(C=C2SC(=S)N(CC(=O)O)C2=O)ccc1OCc1cccc(C(=O)O)c1. The number of ether oxygens (including phenoxy) is 2. The maximum absolute atomic E-state index is 12.4. The van der Waals surface area contributed by atoms with E-state index in [0.717, 1.165) is 16.7 Å². The Morgan fingerprint density at radius 3 is 2.61 bits per heavy atom. The molecule has 0 saturated carbocycles. The van der Waals surface area contributed by atoms with Crippen LogP contribution < -0.4 is 9.47 Å². The van der Waals surface area contributed by atoms with Crippen molar-refractivity contribution in [2.24, 2.45) is 0 Å². The van der Waals surface area contributed by atoms with Gasteiger partial charge in [-0.1, -0.05) is 42.2 Å². The predicted octanol–water partition coefficient (Wildman–Crippen LogP) is 3.26. The molecule has 1 saturated heterocycles. The van der Waals surface area contributed by atoms with Crippen LogP contribution in [-0.2, 0) is 16.2 Å². The molecule has 31 heavy (non-hydrogen) atoms. The molecule has 1 fully saturated rings. The molecule has 0 radical (unpaired) electrons. The summed E-state index contributed by atoms with van der Waals surface area (Å²) in [6.45, 7) is -0.341. The van der Waals surface area contributed by atoms with Gasteiger partial charge in [-0.05, 0) is 41.5 Å². The maximum atomic E-state index is 12.4. The van der Waals surface area contributed by atoms with Gasteiger partial charge in [0.15, 0.2) is 11.5 Å². The smallest absolute Gasteiger partial charge is 0.335 e. The van der Waals surface area contributed by atoms with E-state index in [1.165, 1.54) is 19.2 Å². The highest BCUT2D eigenvalue weighted by atomic mass is 32.2. The Morgan fingerprint density at radius 1 is 1.16 bits per heavy atom. The standard InChI is InChI=1S/C21H17NO7S2/c1-28-16-8-12(9-17-19(25)22(10-18(23)24)21(30)31-17)5-6-15(16)29-11-13-3-2-4-14(7-13)20(26)27/h2-9H,10-11H2,1H3,(H,23,24)(H,26,27). The van der Waals surface area contributed by atoms with Crippen molar-refractivity contribution in [1.29, 1.82) is 0 Å². The van der Waals surface area contributed by atoms with Crippen molar-refractivity contribution < 1.29 is 34.1 Å². The molecule has 8 nitrogen and oxygen atoms in total. The van der Waals surface area contributed by atoms with Gasteiger partial charge in [0.05, 0.1) is 17.6 Å². The molecule has 0 aromatic heterocycles. The number of thioether (sulfide) groups is 1. The Kier molecular flexibility index (Phi) is 6.93. The van der Waals surface area contributed by atoms with E-state index >= 15 is 0 Å². The monoisotopic (exact) mass is 459 g/mol. The summed E-state index contributed by atoms with van der Waals surface area (Å²) in [5.74, 6) is -1.76. The summed E-state index contributed by atoms with van der Waals surface area (Å²) in [4.78, 5) is 35.7. The zero-order chi connectivity index (χ0) is 22.5. The molecule has 1 heterocycles. The number of aromatic carboxylic acids is 1. The Labute approximate surface area is 187 Å². The number of methoxy groups -OCH3 is 1. The average molecular weight is 460 g/mol. The summed E-state index contributed by atoms with van der Waals surface area (Å²) in [5, 5.41) is 18.0. The van der Waals surface area contributed by atoms with Gasteiger partial charge < -0.3 is 19.7 Å². The third kappa shape index (κ3) is 5.41. The second kappa shape index (κ2) is 9.63. The summed E-state index contributed by atoms with van der Waals surface area (Å²) >= 11 is 6.12. The Morgan fingerprint density at radius 2 is 1.94 bits per heavy atom. The van der Waals surface area contributed by atoms with Gasteiger partial charge in [-0.3, -0.25) is 14.5 Å². The topological polar surface area (TPSA) is 113 Å². The molecule has 1 amide bonds. The van der Waals surface area contributed by atoms with Crippen LogP contribution in [-0.4, -0.2) is 50.9 Å². The minimum atomic E-state index is -1.14. The van der Waals surface area contributed by atoms with Crippen LogP contribution in [0.5, 0.6) is 11.5 Å². The van der Waals surface area contributed by atoms with Gasteiger partial charge in [0.1, 0.15) is 17.5 Å². The van der Waals surface area contributed by atoms with Crippen molar-refractivity contribution in [2.75, 3.05) is 13.7 Å². The highest BCUT2D eigenvalue weighted by Crippen LogP contribution is 2.34. The number of carbonyl (C=O) groups is 3. The number of carbonyl (C=O) groups excluding carboxylic acids is 1. The lowest BCUT2D eigenvalue weighted by Gasteiger charge is -2.12. The summed E-state index contributed by atoms with van der Waals surface area (Å²) < 4.78 is 11.3. The van der Waals surface area contributed by atoms with Crippen molar-refractivity contribution >= 4 is 52.2 Å². The third-order valence-electron chi connectivity index (χ3n) is 4.22. The van der Waals surface area contributed by atoms with Crippen LogP contribution in [0.1, 0.15) is 21.5 Å². The lowest BCUT2D eigenvalue weighted by molar-refractivity contribution is -0.140. The van der Waals surface area contributed by atoms with E-state index in [1.54, 1.807) is 36.4 Å². The Hall–Kier alpha value is -3.37. The number of hydrogen-bond donors (Lipinski definition) is 2. The molecule has 0 aliphatic carbocycles. The minimum absolute atomic E-state index is 0.144. The number of nitrogens with zero attached hydrogens (tertiary/aromatic N) is 1. The van der Waals surface area contributed by atoms with Crippen LogP contribution >= 0.6 is 24.0 Å². The molecule has 1 aliphatic heterocycles. The molecule has 0 spiro atoms. The first-order valence-corrected chi connectivity index (χ1v) is 10.1. The second-order valence-electron chi connectivity index (χ2n) is 6.37. The van der Waals surface area contributed by atoms with E-state index in [9.17, 15) is 14.4 Å². The molecule has 160 valence electrons. The number of aliphatic carboxylic acids is 1. The molecule has 0 atom stereocenters. The summed E-state index contributed by atoms with van der Waals surface area (Å²) in [7, 11) is 1.48. The highest BCUT2D eigenvalue weighted by Gasteiger charge is 2.33. The molecule has 0 unspecified atom stereocenters. The van der Waals surface area contributed by atoms with Crippen molar-refractivity contribution in [2.45, 2.75) is 6.61 Å². The largest absolute Gasteiger partial charge is 0.493 e. The quantitative estimate of drug-likeness (QED) is 0.453. The fraction of sp³-hybridized carbons (Fsp3) is 0.143. The van der Waals surface area contributed by atoms with Gasteiger partial charge in [-0.2, -0.15) is 0 Å². The van der Waals surface area contributed by atoms with E-state index < -0.39 is 24.4 Å². The van der Waals surface area contributed by atoms with Gasteiger partial charge in [0.25, 0.3) is 5.91 Å². The molecule has 2 aromatic carbocycles. The van der Waals surface area contributed by atoms with Crippen LogP contribution in [0.3, 0.4) is 0 Å². The normalized spacial score (nSPS) is 14.7. The van der Waals surface area contributed by atoms with Crippen LogP contribution in [0.2, 0.25) is 0 Å². The van der Waals surface area contributed by atoms with Gasteiger partial charge in [0, 0.05) is 0 Å². The number of carboxylic acids is 2.